The first-order valence-electron chi connectivity index (χ1n) is 7.68. The molecule has 3 aromatic carbocycles. The Morgan fingerprint density at radius 2 is 1.71 bits per heavy atom. The third kappa shape index (κ3) is 4.06. The number of fused-ring (bicyclic) bond motifs is 1. The van der Waals surface area contributed by atoms with Gasteiger partial charge in [-0.2, -0.15) is 0 Å². The molecule has 24 heavy (non-hydrogen) atoms. The minimum absolute atomic E-state index is 0.308. The zero-order valence-corrected chi connectivity index (χ0v) is 14.2. The van der Waals surface area contributed by atoms with Crippen molar-refractivity contribution in [1.82, 2.24) is 0 Å². The van der Waals surface area contributed by atoms with E-state index in [1.165, 1.54) is 11.6 Å². The summed E-state index contributed by atoms with van der Waals surface area (Å²) in [6.07, 6.45) is 1.20. The Hall–Kier alpha value is -2.53. The molecule has 0 unspecified atom stereocenters. The van der Waals surface area contributed by atoms with Crippen LogP contribution >= 0.6 is 0 Å². The zero-order valence-electron chi connectivity index (χ0n) is 13.4. The molecule has 0 amide bonds. The summed E-state index contributed by atoms with van der Waals surface area (Å²) in [4.78, 5) is 0.308. The van der Waals surface area contributed by atoms with Gasteiger partial charge in [0.25, 0.3) is 0 Å². The predicted molar refractivity (Wildman–Crippen MR) is 97.5 cm³/mol. The van der Waals surface area contributed by atoms with Gasteiger partial charge in [-0.05, 0) is 41.1 Å². The lowest BCUT2D eigenvalue weighted by Gasteiger charge is -2.10. The molecule has 3 aromatic rings. The second-order valence-electron chi connectivity index (χ2n) is 5.58. The van der Waals surface area contributed by atoms with Crippen LogP contribution in [-0.2, 0) is 9.84 Å². The molecule has 0 fully saturated rings. The Labute approximate surface area is 142 Å². The molecule has 0 atom stereocenters. The van der Waals surface area contributed by atoms with Crippen molar-refractivity contribution in [3.8, 4) is 5.75 Å². The lowest BCUT2D eigenvalue weighted by atomic mass is 10.1. The average molecular weight is 341 g/mol. The fraction of sp³-hybridized carbons (Fsp3) is 0.158. The maximum atomic E-state index is 11.6. The van der Waals surface area contributed by atoms with Gasteiger partial charge in [-0.15, -0.1) is 0 Å². The fourth-order valence-electron chi connectivity index (χ4n) is 2.46. The largest absolute Gasteiger partial charge is 0.492 e. The first-order chi connectivity index (χ1) is 11.5. The van der Waals surface area contributed by atoms with E-state index >= 15 is 0 Å². The SMILES string of the molecule is CS(=O)(=O)c1cccc(NCCOc2ccc3ccccc3c2)c1. The van der Waals surface area contributed by atoms with E-state index in [1.807, 2.05) is 36.4 Å². The van der Waals surface area contributed by atoms with Crippen molar-refractivity contribution in [1.29, 1.82) is 0 Å². The van der Waals surface area contributed by atoms with Crippen molar-refractivity contribution < 1.29 is 13.2 Å². The third-order valence-corrected chi connectivity index (χ3v) is 4.79. The molecule has 0 radical (unpaired) electrons. The molecule has 0 aromatic heterocycles. The fourth-order valence-corrected chi connectivity index (χ4v) is 3.12. The number of ether oxygens (including phenoxy) is 1. The van der Waals surface area contributed by atoms with Gasteiger partial charge >= 0.3 is 0 Å². The van der Waals surface area contributed by atoms with E-state index in [-0.39, 0.29) is 0 Å². The number of sulfone groups is 1. The highest BCUT2D eigenvalue weighted by molar-refractivity contribution is 7.90. The highest BCUT2D eigenvalue weighted by Gasteiger charge is 2.06. The predicted octanol–water partition coefficient (Wildman–Crippen LogP) is 3.73. The van der Waals surface area contributed by atoms with Crippen molar-refractivity contribution >= 4 is 26.3 Å². The average Bonchev–Trinajstić information content (AvgIpc) is 2.58. The maximum Gasteiger partial charge on any atom is 0.175 e. The Morgan fingerprint density at radius 1 is 0.917 bits per heavy atom. The molecular weight excluding hydrogens is 322 g/mol. The Morgan fingerprint density at radius 3 is 2.50 bits per heavy atom. The summed E-state index contributed by atoms with van der Waals surface area (Å²) in [5.74, 6) is 0.820. The lowest BCUT2D eigenvalue weighted by Crippen LogP contribution is -2.11. The van der Waals surface area contributed by atoms with Gasteiger partial charge in [0.2, 0.25) is 0 Å². The van der Waals surface area contributed by atoms with E-state index in [4.69, 9.17) is 4.74 Å². The van der Waals surface area contributed by atoms with Crippen LogP contribution in [0.2, 0.25) is 0 Å². The van der Waals surface area contributed by atoms with Gasteiger partial charge in [0.1, 0.15) is 12.4 Å². The lowest BCUT2D eigenvalue weighted by molar-refractivity contribution is 0.333. The van der Waals surface area contributed by atoms with Gasteiger partial charge in [-0.25, -0.2) is 8.42 Å². The van der Waals surface area contributed by atoms with Crippen molar-refractivity contribution in [2.45, 2.75) is 4.90 Å². The smallest absolute Gasteiger partial charge is 0.175 e. The van der Waals surface area contributed by atoms with Crippen LogP contribution in [0, 0.1) is 0 Å². The van der Waals surface area contributed by atoms with Crippen molar-refractivity contribution in [2.24, 2.45) is 0 Å². The van der Waals surface area contributed by atoms with Crippen LogP contribution < -0.4 is 10.1 Å². The molecule has 3 rings (SSSR count). The van der Waals surface area contributed by atoms with E-state index < -0.39 is 9.84 Å². The normalized spacial score (nSPS) is 11.4. The summed E-state index contributed by atoms with van der Waals surface area (Å²) in [7, 11) is -3.19. The van der Waals surface area contributed by atoms with E-state index in [9.17, 15) is 8.42 Å². The van der Waals surface area contributed by atoms with Crippen molar-refractivity contribution in [3.63, 3.8) is 0 Å². The van der Waals surface area contributed by atoms with Crippen LogP contribution in [0.5, 0.6) is 5.75 Å². The minimum atomic E-state index is -3.19. The zero-order chi connectivity index (χ0) is 17.0. The topological polar surface area (TPSA) is 55.4 Å². The van der Waals surface area contributed by atoms with Gasteiger partial charge in [0.05, 0.1) is 4.90 Å². The Bertz CT molecular complexity index is 951. The number of anilines is 1. The number of benzene rings is 3. The molecule has 0 spiro atoms. The highest BCUT2D eigenvalue weighted by Crippen LogP contribution is 2.20. The van der Waals surface area contributed by atoms with Gasteiger partial charge in [0.15, 0.2) is 9.84 Å². The van der Waals surface area contributed by atoms with Crippen LogP contribution in [0.15, 0.2) is 71.6 Å². The van der Waals surface area contributed by atoms with Crippen LogP contribution in [0.25, 0.3) is 10.8 Å². The highest BCUT2D eigenvalue weighted by atomic mass is 32.2. The molecule has 0 aliphatic carbocycles. The number of hydrogen-bond acceptors (Lipinski definition) is 4. The summed E-state index contributed by atoms with van der Waals surface area (Å²) in [5, 5.41) is 5.50. The van der Waals surface area contributed by atoms with E-state index in [0.717, 1.165) is 16.8 Å². The number of hydrogen-bond donors (Lipinski definition) is 1. The Balaban J connectivity index is 1.57. The van der Waals surface area contributed by atoms with Crippen molar-refractivity contribution in [2.75, 3.05) is 24.7 Å². The monoisotopic (exact) mass is 341 g/mol. The van der Waals surface area contributed by atoms with E-state index in [0.29, 0.717) is 18.0 Å². The van der Waals surface area contributed by atoms with Crippen LogP contribution in [0.3, 0.4) is 0 Å². The second-order valence-corrected chi connectivity index (χ2v) is 7.60. The van der Waals surface area contributed by atoms with Gasteiger partial charge in [-0.1, -0.05) is 36.4 Å². The summed E-state index contributed by atoms with van der Waals surface area (Å²) in [6, 6.07) is 20.9. The van der Waals surface area contributed by atoms with E-state index in [2.05, 4.69) is 17.4 Å². The van der Waals surface area contributed by atoms with Gasteiger partial charge < -0.3 is 10.1 Å². The van der Waals surface area contributed by atoms with Gasteiger partial charge in [0, 0.05) is 18.5 Å². The quantitative estimate of drug-likeness (QED) is 0.694. The van der Waals surface area contributed by atoms with Crippen LogP contribution in [-0.4, -0.2) is 27.8 Å². The second kappa shape index (κ2) is 6.93. The van der Waals surface area contributed by atoms with Crippen LogP contribution in [0.4, 0.5) is 5.69 Å². The summed E-state index contributed by atoms with van der Waals surface area (Å²) < 4.78 is 28.9. The molecule has 1 N–H and O–H groups in total. The summed E-state index contributed by atoms with van der Waals surface area (Å²) >= 11 is 0. The third-order valence-electron chi connectivity index (χ3n) is 3.68. The van der Waals surface area contributed by atoms with E-state index in [1.54, 1.807) is 18.2 Å². The molecule has 0 saturated carbocycles. The number of rotatable bonds is 6. The standard InChI is InChI=1S/C19H19NO3S/c1-24(21,22)19-8-4-7-17(14-19)20-11-12-23-18-10-9-15-5-2-3-6-16(15)13-18/h2-10,13-14,20H,11-12H2,1H3. The molecule has 0 aliphatic rings. The molecule has 0 heterocycles. The number of nitrogens with one attached hydrogen (secondary N) is 1. The van der Waals surface area contributed by atoms with Gasteiger partial charge in [-0.3, -0.25) is 0 Å². The van der Waals surface area contributed by atoms with Crippen LogP contribution in [0.1, 0.15) is 0 Å². The molecular formula is C19H19NO3S. The molecule has 4 nitrogen and oxygen atoms in total. The maximum absolute atomic E-state index is 11.6. The van der Waals surface area contributed by atoms with Crippen molar-refractivity contribution in [3.05, 3.63) is 66.7 Å². The molecule has 0 aliphatic heterocycles. The first kappa shape index (κ1) is 16.3. The molecule has 0 bridgehead atoms. The Kier molecular flexibility index (Phi) is 4.71. The first-order valence-corrected chi connectivity index (χ1v) is 9.57. The summed E-state index contributed by atoms with van der Waals surface area (Å²) in [6.45, 7) is 1.07. The molecule has 124 valence electrons. The molecule has 0 saturated heterocycles. The molecule has 5 heteroatoms. The minimum Gasteiger partial charge on any atom is -0.492 e. The summed E-state index contributed by atoms with van der Waals surface area (Å²) in [5.41, 5.74) is 0.764.